The SMILES string of the molecule is O=C(O)CN(C(=O)c1ccoc1Br)C1CCS(=O)(=O)C1. The number of halogens is 1. The molecule has 0 saturated carbocycles. The Bertz CT molecular complexity index is 637. The summed E-state index contributed by atoms with van der Waals surface area (Å²) in [5.74, 6) is -1.99. The number of furan rings is 1. The molecule has 1 fully saturated rings. The molecule has 1 unspecified atom stereocenters. The molecule has 0 spiro atoms. The van der Waals surface area contributed by atoms with Gasteiger partial charge in [-0.3, -0.25) is 9.59 Å². The van der Waals surface area contributed by atoms with Gasteiger partial charge in [-0.2, -0.15) is 0 Å². The number of sulfone groups is 1. The van der Waals surface area contributed by atoms with Gasteiger partial charge in [-0.15, -0.1) is 0 Å². The summed E-state index contributed by atoms with van der Waals surface area (Å²) in [6, 6.07) is 0.787. The van der Waals surface area contributed by atoms with Crippen molar-refractivity contribution in [2.75, 3.05) is 18.1 Å². The molecule has 1 aliphatic rings. The number of nitrogens with zero attached hydrogens (tertiary/aromatic N) is 1. The molecule has 0 aliphatic carbocycles. The van der Waals surface area contributed by atoms with E-state index < -0.39 is 34.3 Å². The first kappa shape index (κ1) is 15.0. The van der Waals surface area contributed by atoms with Crippen LogP contribution in [0.25, 0.3) is 0 Å². The molecule has 1 aromatic rings. The van der Waals surface area contributed by atoms with Crippen molar-refractivity contribution in [2.24, 2.45) is 0 Å². The molecule has 2 rings (SSSR count). The molecular formula is C11H12BrNO6S. The van der Waals surface area contributed by atoms with Crippen LogP contribution in [0.4, 0.5) is 0 Å². The van der Waals surface area contributed by atoms with Gasteiger partial charge in [0.15, 0.2) is 14.5 Å². The predicted octanol–water partition coefficient (Wildman–Crippen LogP) is 0.756. The van der Waals surface area contributed by atoms with E-state index in [1.54, 1.807) is 0 Å². The maximum atomic E-state index is 12.3. The summed E-state index contributed by atoms with van der Waals surface area (Å²) in [5.41, 5.74) is 0.176. The number of carbonyl (C=O) groups is 2. The summed E-state index contributed by atoms with van der Waals surface area (Å²) in [6.45, 7) is -0.545. The average Bonchev–Trinajstić information content (AvgIpc) is 2.91. The molecule has 0 bridgehead atoms. The van der Waals surface area contributed by atoms with Crippen LogP contribution >= 0.6 is 15.9 Å². The normalized spacial score (nSPS) is 20.8. The van der Waals surface area contributed by atoms with E-state index in [4.69, 9.17) is 9.52 Å². The standard InChI is InChI=1S/C11H12BrNO6S/c12-10-8(1-3-19-10)11(16)13(5-9(14)15)7-2-4-20(17,18)6-7/h1,3,7H,2,4-6H2,(H,14,15). The van der Waals surface area contributed by atoms with Gasteiger partial charge in [-0.05, 0) is 28.4 Å². The highest BCUT2D eigenvalue weighted by molar-refractivity contribution is 9.10. The summed E-state index contributed by atoms with van der Waals surface area (Å²) >= 11 is 3.05. The highest BCUT2D eigenvalue weighted by Crippen LogP contribution is 2.24. The maximum absolute atomic E-state index is 12.3. The van der Waals surface area contributed by atoms with E-state index in [0.29, 0.717) is 0 Å². The molecule has 1 amide bonds. The topological polar surface area (TPSA) is 105 Å². The summed E-state index contributed by atoms with van der Waals surface area (Å²) in [6.07, 6.45) is 1.54. The van der Waals surface area contributed by atoms with Gasteiger partial charge in [0.2, 0.25) is 0 Å². The number of hydrogen-bond donors (Lipinski definition) is 1. The lowest BCUT2D eigenvalue weighted by atomic mass is 10.2. The minimum atomic E-state index is -3.21. The number of carboxylic acid groups (broad SMARTS) is 1. The van der Waals surface area contributed by atoms with Gasteiger partial charge in [0.05, 0.1) is 23.3 Å². The zero-order chi connectivity index (χ0) is 14.9. The van der Waals surface area contributed by atoms with Crippen LogP contribution in [0.15, 0.2) is 21.4 Å². The second kappa shape index (κ2) is 5.57. The van der Waals surface area contributed by atoms with Crippen LogP contribution in [0.5, 0.6) is 0 Å². The lowest BCUT2D eigenvalue weighted by Crippen LogP contribution is -2.44. The second-order valence-electron chi connectivity index (χ2n) is 4.49. The Morgan fingerprint density at radius 3 is 2.65 bits per heavy atom. The van der Waals surface area contributed by atoms with Crippen LogP contribution in [0, 0.1) is 0 Å². The molecular weight excluding hydrogens is 354 g/mol. The molecule has 9 heteroatoms. The third kappa shape index (κ3) is 3.21. The van der Waals surface area contributed by atoms with E-state index in [-0.39, 0.29) is 28.2 Å². The van der Waals surface area contributed by atoms with Crippen LogP contribution in [-0.4, -0.2) is 54.4 Å². The van der Waals surface area contributed by atoms with E-state index in [1.165, 1.54) is 12.3 Å². The van der Waals surface area contributed by atoms with Gasteiger partial charge in [-0.1, -0.05) is 0 Å². The lowest BCUT2D eigenvalue weighted by Gasteiger charge is -2.26. The summed E-state index contributed by atoms with van der Waals surface area (Å²) in [5, 5.41) is 8.91. The van der Waals surface area contributed by atoms with Crippen molar-refractivity contribution >= 4 is 37.6 Å². The Balaban J connectivity index is 2.27. The van der Waals surface area contributed by atoms with Crippen molar-refractivity contribution in [1.29, 1.82) is 0 Å². The molecule has 0 radical (unpaired) electrons. The largest absolute Gasteiger partial charge is 0.480 e. The number of carbonyl (C=O) groups excluding carboxylic acids is 1. The van der Waals surface area contributed by atoms with Crippen molar-refractivity contribution in [3.8, 4) is 0 Å². The Labute approximate surface area is 123 Å². The minimum Gasteiger partial charge on any atom is -0.480 e. The van der Waals surface area contributed by atoms with Crippen molar-refractivity contribution in [3.63, 3.8) is 0 Å². The van der Waals surface area contributed by atoms with Crippen molar-refractivity contribution in [1.82, 2.24) is 4.90 Å². The van der Waals surface area contributed by atoms with Crippen LogP contribution in [0.2, 0.25) is 0 Å². The molecule has 1 saturated heterocycles. The lowest BCUT2D eigenvalue weighted by molar-refractivity contribution is -0.138. The first-order valence-electron chi connectivity index (χ1n) is 5.76. The van der Waals surface area contributed by atoms with Crippen molar-refractivity contribution < 1.29 is 27.5 Å². The number of amides is 1. The second-order valence-corrected chi connectivity index (χ2v) is 7.44. The molecule has 20 heavy (non-hydrogen) atoms. The summed E-state index contributed by atoms with van der Waals surface area (Å²) < 4.78 is 28.1. The van der Waals surface area contributed by atoms with Gasteiger partial charge < -0.3 is 14.4 Å². The van der Waals surface area contributed by atoms with Gasteiger partial charge in [0.1, 0.15) is 6.54 Å². The van der Waals surface area contributed by atoms with E-state index in [2.05, 4.69) is 15.9 Å². The number of aliphatic carboxylic acids is 1. The fourth-order valence-corrected chi connectivity index (χ4v) is 4.27. The maximum Gasteiger partial charge on any atom is 0.323 e. The summed E-state index contributed by atoms with van der Waals surface area (Å²) in [4.78, 5) is 24.3. The zero-order valence-corrected chi connectivity index (χ0v) is 12.7. The molecule has 110 valence electrons. The molecule has 7 nitrogen and oxygen atoms in total. The molecule has 1 aliphatic heterocycles. The van der Waals surface area contributed by atoms with Crippen LogP contribution in [-0.2, 0) is 14.6 Å². The van der Waals surface area contributed by atoms with Crippen LogP contribution < -0.4 is 0 Å². The third-order valence-electron chi connectivity index (χ3n) is 3.06. The molecule has 1 N–H and O–H groups in total. The van der Waals surface area contributed by atoms with Gasteiger partial charge in [0.25, 0.3) is 5.91 Å². The first-order valence-corrected chi connectivity index (χ1v) is 8.38. The van der Waals surface area contributed by atoms with Crippen LogP contribution in [0.1, 0.15) is 16.8 Å². The number of hydrogen-bond acceptors (Lipinski definition) is 5. The molecule has 1 atom stereocenters. The van der Waals surface area contributed by atoms with Gasteiger partial charge in [0, 0.05) is 6.04 Å². The minimum absolute atomic E-state index is 0.0341. The molecule has 0 aromatic carbocycles. The Hall–Kier alpha value is -1.35. The summed E-state index contributed by atoms with van der Waals surface area (Å²) in [7, 11) is -3.21. The predicted molar refractivity (Wildman–Crippen MR) is 72.1 cm³/mol. The molecule has 2 heterocycles. The van der Waals surface area contributed by atoms with E-state index >= 15 is 0 Å². The Kier molecular flexibility index (Phi) is 4.19. The van der Waals surface area contributed by atoms with Crippen LogP contribution in [0.3, 0.4) is 0 Å². The highest BCUT2D eigenvalue weighted by atomic mass is 79.9. The quantitative estimate of drug-likeness (QED) is 0.844. The Morgan fingerprint density at radius 2 is 2.20 bits per heavy atom. The van der Waals surface area contributed by atoms with Crippen molar-refractivity contribution in [2.45, 2.75) is 12.5 Å². The fourth-order valence-electron chi connectivity index (χ4n) is 2.13. The number of carboxylic acids is 1. The van der Waals surface area contributed by atoms with E-state index in [1.807, 2.05) is 0 Å². The third-order valence-corrected chi connectivity index (χ3v) is 5.43. The average molecular weight is 366 g/mol. The van der Waals surface area contributed by atoms with Crippen molar-refractivity contribution in [3.05, 3.63) is 22.6 Å². The monoisotopic (exact) mass is 365 g/mol. The Morgan fingerprint density at radius 1 is 1.50 bits per heavy atom. The van der Waals surface area contributed by atoms with E-state index in [9.17, 15) is 18.0 Å². The van der Waals surface area contributed by atoms with E-state index in [0.717, 1.165) is 4.90 Å². The zero-order valence-electron chi connectivity index (χ0n) is 10.3. The molecule has 1 aromatic heterocycles. The smallest absolute Gasteiger partial charge is 0.323 e. The van der Waals surface area contributed by atoms with Gasteiger partial charge >= 0.3 is 5.97 Å². The fraction of sp³-hybridized carbons (Fsp3) is 0.455. The first-order chi connectivity index (χ1) is 9.30. The van der Waals surface area contributed by atoms with Gasteiger partial charge in [-0.25, -0.2) is 8.42 Å². The number of rotatable bonds is 4. The highest BCUT2D eigenvalue weighted by Gasteiger charge is 2.36.